The van der Waals surface area contributed by atoms with Crippen molar-refractivity contribution in [2.75, 3.05) is 0 Å². The standard InChI is InChI=1S/C16H13ClN2O/c17-12-3-1-2-11(8-12)4-5-13-9-16(20)14-10-18-7-6-15(14)19-13/h1-3,6-8,10H,4-5,9H2. The van der Waals surface area contributed by atoms with Gasteiger partial charge in [0.2, 0.25) is 0 Å². The van der Waals surface area contributed by atoms with Gasteiger partial charge in [0.05, 0.1) is 11.3 Å². The molecule has 0 saturated carbocycles. The van der Waals surface area contributed by atoms with Crippen LogP contribution in [0.5, 0.6) is 0 Å². The summed E-state index contributed by atoms with van der Waals surface area (Å²) >= 11 is 5.97. The van der Waals surface area contributed by atoms with E-state index in [4.69, 9.17) is 11.6 Å². The Kier molecular flexibility index (Phi) is 3.61. The predicted octanol–water partition coefficient (Wildman–Crippen LogP) is 4.03. The van der Waals surface area contributed by atoms with E-state index in [1.54, 1.807) is 18.5 Å². The zero-order valence-corrected chi connectivity index (χ0v) is 11.6. The molecular formula is C16H13ClN2O. The highest BCUT2D eigenvalue weighted by atomic mass is 35.5. The molecule has 0 unspecified atom stereocenters. The lowest BCUT2D eigenvalue weighted by atomic mass is 9.98. The molecule has 3 rings (SSSR count). The van der Waals surface area contributed by atoms with Crippen molar-refractivity contribution in [2.45, 2.75) is 19.3 Å². The average molecular weight is 285 g/mol. The molecule has 0 atom stereocenters. The number of fused-ring (bicyclic) bond motifs is 1. The summed E-state index contributed by atoms with van der Waals surface area (Å²) in [5.74, 6) is 0.101. The van der Waals surface area contributed by atoms with Crippen molar-refractivity contribution < 1.29 is 4.79 Å². The Labute approximate surface area is 122 Å². The normalized spacial score (nSPS) is 13.8. The Morgan fingerprint density at radius 1 is 1.20 bits per heavy atom. The highest BCUT2D eigenvalue weighted by Gasteiger charge is 2.19. The summed E-state index contributed by atoms with van der Waals surface area (Å²) in [5.41, 5.74) is 3.44. The molecule has 1 aliphatic rings. The first-order valence-corrected chi connectivity index (χ1v) is 6.88. The van der Waals surface area contributed by atoms with Crippen LogP contribution in [0.4, 0.5) is 5.69 Å². The minimum absolute atomic E-state index is 0.101. The second kappa shape index (κ2) is 5.55. The van der Waals surface area contributed by atoms with Crippen molar-refractivity contribution >= 4 is 28.8 Å². The number of Topliss-reactive ketones (excluding diaryl/α,β-unsaturated/α-hetero) is 1. The molecule has 1 aromatic carbocycles. The van der Waals surface area contributed by atoms with Gasteiger partial charge in [-0.25, -0.2) is 0 Å². The number of halogens is 1. The Bertz CT molecular complexity index is 694. The van der Waals surface area contributed by atoms with Gasteiger partial charge in [-0.3, -0.25) is 14.8 Å². The van der Waals surface area contributed by atoms with Crippen LogP contribution in [0.25, 0.3) is 0 Å². The topological polar surface area (TPSA) is 42.3 Å². The third-order valence-electron chi connectivity index (χ3n) is 3.33. The Hall–Kier alpha value is -2.00. The van der Waals surface area contributed by atoms with Crippen molar-refractivity contribution in [3.8, 4) is 0 Å². The molecule has 2 aromatic rings. The van der Waals surface area contributed by atoms with E-state index in [-0.39, 0.29) is 5.78 Å². The van der Waals surface area contributed by atoms with E-state index in [1.807, 2.05) is 24.3 Å². The van der Waals surface area contributed by atoms with Gasteiger partial charge in [-0.2, -0.15) is 0 Å². The molecule has 3 nitrogen and oxygen atoms in total. The number of nitrogens with zero attached hydrogens (tertiary/aromatic N) is 2. The summed E-state index contributed by atoms with van der Waals surface area (Å²) in [6, 6.07) is 9.56. The molecule has 0 bridgehead atoms. The molecule has 0 fully saturated rings. The number of carbonyl (C=O) groups excluding carboxylic acids is 1. The number of aryl methyl sites for hydroxylation is 1. The number of pyridine rings is 1. The van der Waals surface area contributed by atoms with Crippen molar-refractivity contribution in [3.63, 3.8) is 0 Å². The van der Waals surface area contributed by atoms with Crippen LogP contribution in [0.15, 0.2) is 47.7 Å². The molecule has 20 heavy (non-hydrogen) atoms. The summed E-state index contributed by atoms with van der Waals surface area (Å²) in [7, 11) is 0. The molecule has 0 amide bonds. The lowest BCUT2D eigenvalue weighted by molar-refractivity contribution is 0.0999. The molecule has 100 valence electrons. The smallest absolute Gasteiger partial charge is 0.172 e. The van der Waals surface area contributed by atoms with E-state index < -0.39 is 0 Å². The predicted molar refractivity (Wildman–Crippen MR) is 80.1 cm³/mol. The van der Waals surface area contributed by atoms with Crippen LogP contribution in [0.1, 0.15) is 28.8 Å². The molecule has 1 aromatic heterocycles. The summed E-state index contributed by atoms with van der Waals surface area (Å²) < 4.78 is 0. The van der Waals surface area contributed by atoms with Crippen LogP contribution in [0, 0.1) is 0 Å². The van der Waals surface area contributed by atoms with Gasteiger partial charge in [-0.1, -0.05) is 23.7 Å². The van der Waals surface area contributed by atoms with Gasteiger partial charge >= 0.3 is 0 Å². The van der Waals surface area contributed by atoms with E-state index in [9.17, 15) is 4.79 Å². The lowest BCUT2D eigenvalue weighted by Crippen LogP contribution is -2.14. The largest absolute Gasteiger partial charge is 0.294 e. The highest BCUT2D eigenvalue weighted by molar-refractivity contribution is 6.30. The quantitative estimate of drug-likeness (QED) is 0.854. The molecule has 2 heterocycles. The number of aliphatic imine (C=N–C) groups is 1. The number of ketones is 1. The highest BCUT2D eigenvalue weighted by Crippen LogP contribution is 2.26. The van der Waals surface area contributed by atoms with E-state index in [0.29, 0.717) is 12.0 Å². The van der Waals surface area contributed by atoms with Gasteiger partial charge in [-0.05, 0) is 36.6 Å². The maximum Gasteiger partial charge on any atom is 0.172 e. The molecule has 0 N–H and O–H groups in total. The summed E-state index contributed by atoms with van der Waals surface area (Å²) in [6.07, 6.45) is 5.25. The van der Waals surface area contributed by atoms with Crippen LogP contribution >= 0.6 is 11.6 Å². The van der Waals surface area contributed by atoms with Gasteiger partial charge in [0.25, 0.3) is 0 Å². The van der Waals surface area contributed by atoms with Gasteiger partial charge in [-0.15, -0.1) is 0 Å². The number of rotatable bonds is 3. The number of benzene rings is 1. The van der Waals surface area contributed by atoms with Gasteiger partial charge < -0.3 is 0 Å². The van der Waals surface area contributed by atoms with Crippen LogP contribution in [-0.4, -0.2) is 16.5 Å². The number of aromatic nitrogens is 1. The first-order chi connectivity index (χ1) is 9.72. The summed E-state index contributed by atoms with van der Waals surface area (Å²) in [6.45, 7) is 0. The molecule has 0 aliphatic carbocycles. The fraction of sp³-hybridized carbons (Fsp3) is 0.188. The Balaban J connectivity index is 1.76. The van der Waals surface area contributed by atoms with E-state index >= 15 is 0 Å². The summed E-state index contributed by atoms with van der Waals surface area (Å²) in [4.78, 5) is 20.5. The maximum atomic E-state index is 12.0. The van der Waals surface area contributed by atoms with E-state index in [1.165, 1.54) is 0 Å². The van der Waals surface area contributed by atoms with Crippen molar-refractivity contribution in [3.05, 3.63) is 58.9 Å². The van der Waals surface area contributed by atoms with Crippen LogP contribution < -0.4 is 0 Å². The third kappa shape index (κ3) is 2.78. The Morgan fingerprint density at radius 3 is 2.95 bits per heavy atom. The molecule has 0 spiro atoms. The fourth-order valence-electron chi connectivity index (χ4n) is 2.32. The maximum absolute atomic E-state index is 12.0. The molecule has 1 aliphatic heterocycles. The number of hydrogen-bond donors (Lipinski definition) is 0. The van der Waals surface area contributed by atoms with E-state index in [0.717, 1.165) is 34.8 Å². The zero-order chi connectivity index (χ0) is 13.9. The second-order valence-electron chi connectivity index (χ2n) is 4.80. The Morgan fingerprint density at radius 2 is 2.10 bits per heavy atom. The number of hydrogen-bond acceptors (Lipinski definition) is 3. The number of carbonyl (C=O) groups is 1. The molecule has 0 radical (unpaired) electrons. The average Bonchev–Trinajstić information content (AvgIpc) is 2.45. The second-order valence-corrected chi connectivity index (χ2v) is 5.24. The minimum Gasteiger partial charge on any atom is -0.294 e. The first kappa shape index (κ1) is 13.0. The van der Waals surface area contributed by atoms with Crippen LogP contribution in [-0.2, 0) is 6.42 Å². The molecule has 0 saturated heterocycles. The van der Waals surface area contributed by atoms with Crippen molar-refractivity contribution in [2.24, 2.45) is 4.99 Å². The first-order valence-electron chi connectivity index (χ1n) is 6.50. The van der Waals surface area contributed by atoms with Gasteiger partial charge in [0.15, 0.2) is 5.78 Å². The summed E-state index contributed by atoms with van der Waals surface area (Å²) in [5, 5.41) is 0.737. The van der Waals surface area contributed by atoms with Gasteiger partial charge in [0.1, 0.15) is 0 Å². The fourth-order valence-corrected chi connectivity index (χ4v) is 2.53. The molecular weight excluding hydrogens is 272 g/mol. The monoisotopic (exact) mass is 284 g/mol. The van der Waals surface area contributed by atoms with Crippen LogP contribution in [0.2, 0.25) is 5.02 Å². The third-order valence-corrected chi connectivity index (χ3v) is 3.57. The minimum atomic E-state index is 0.101. The lowest BCUT2D eigenvalue weighted by Gasteiger charge is -2.14. The van der Waals surface area contributed by atoms with E-state index in [2.05, 4.69) is 9.98 Å². The van der Waals surface area contributed by atoms with Gasteiger partial charge in [0, 0.05) is 29.5 Å². The van der Waals surface area contributed by atoms with Crippen molar-refractivity contribution in [1.29, 1.82) is 0 Å². The molecule has 4 heteroatoms. The van der Waals surface area contributed by atoms with Crippen molar-refractivity contribution in [1.82, 2.24) is 4.98 Å². The van der Waals surface area contributed by atoms with Crippen LogP contribution in [0.3, 0.4) is 0 Å². The SMILES string of the molecule is O=C1CC(CCc2cccc(Cl)c2)=Nc2ccncc21. The zero-order valence-electron chi connectivity index (χ0n) is 10.8.